The molecule has 1 atom stereocenters. The van der Waals surface area contributed by atoms with E-state index in [-0.39, 0.29) is 11.1 Å². The molecule has 0 aromatic heterocycles. The van der Waals surface area contributed by atoms with Crippen molar-refractivity contribution in [3.05, 3.63) is 33.6 Å². The van der Waals surface area contributed by atoms with Gasteiger partial charge in [-0.05, 0) is 19.1 Å². The van der Waals surface area contributed by atoms with Gasteiger partial charge in [0, 0.05) is 28.9 Å². The fourth-order valence-electron chi connectivity index (χ4n) is 1.52. The topological polar surface area (TPSA) is 12.0 Å². The Kier molecular flexibility index (Phi) is 6.88. The molecule has 1 nitrogen and oxygen atoms in total. The van der Waals surface area contributed by atoms with E-state index < -0.39 is 5.82 Å². The third-order valence-electron chi connectivity index (χ3n) is 2.39. The smallest absolute Gasteiger partial charge is 0.142 e. The first kappa shape index (κ1) is 15.7. The fourth-order valence-corrected chi connectivity index (χ4v) is 2.74. The van der Waals surface area contributed by atoms with Crippen LogP contribution in [0.3, 0.4) is 0 Å². The zero-order chi connectivity index (χ0) is 13.5. The van der Waals surface area contributed by atoms with Crippen LogP contribution in [0.5, 0.6) is 0 Å². The Hall–Kier alpha value is -0.400. The van der Waals surface area contributed by atoms with E-state index in [9.17, 15) is 4.39 Å². The van der Waals surface area contributed by atoms with Crippen molar-refractivity contribution in [2.24, 2.45) is 0 Å². The monoisotopic (exact) mass is 305 g/mol. The van der Waals surface area contributed by atoms with Crippen molar-refractivity contribution in [3.63, 3.8) is 0 Å². The molecular weight excluding hydrogens is 292 g/mol. The van der Waals surface area contributed by atoms with Crippen LogP contribution in [-0.4, -0.2) is 18.1 Å². The Morgan fingerprint density at radius 1 is 1.50 bits per heavy atom. The molecule has 0 aliphatic carbocycles. The highest BCUT2D eigenvalue weighted by atomic mass is 35.5. The molecular formula is C13H14Cl2FNS. The van der Waals surface area contributed by atoms with Crippen LogP contribution in [0.4, 0.5) is 4.39 Å². The van der Waals surface area contributed by atoms with Gasteiger partial charge >= 0.3 is 0 Å². The van der Waals surface area contributed by atoms with Crippen LogP contribution < -0.4 is 5.32 Å². The lowest BCUT2D eigenvalue weighted by Crippen LogP contribution is -2.22. The van der Waals surface area contributed by atoms with Crippen molar-refractivity contribution in [2.75, 3.05) is 18.1 Å². The summed E-state index contributed by atoms with van der Waals surface area (Å²) in [6.07, 6.45) is 5.15. The van der Waals surface area contributed by atoms with Crippen LogP contribution in [0, 0.1) is 18.2 Å². The maximum absolute atomic E-state index is 13.4. The maximum Gasteiger partial charge on any atom is 0.142 e. The van der Waals surface area contributed by atoms with Crippen molar-refractivity contribution >= 4 is 35.0 Å². The highest BCUT2D eigenvalue weighted by molar-refractivity contribution is 7.99. The van der Waals surface area contributed by atoms with Crippen LogP contribution in [0.2, 0.25) is 10.0 Å². The number of halogens is 3. The molecule has 0 aliphatic rings. The maximum atomic E-state index is 13.4. The summed E-state index contributed by atoms with van der Waals surface area (Å²) < 4.78 is 13.4. The lowest BCUT2D eigenvalue weighted by atomic mass is 10.1. The molecule has 1 rings (SSSR count). The molecule has 98 valence electrons. The number of benzene rings is 1. The van der Waals surface area contributed by atoms with E-state index in [1.54, 1.807) is 11.8 Å². The van der Waals surface area contributed by atoms with E-state index in [4.69, 9.17) is 29.6 Å². The van der Waals surface area contributed by atoms with Crippen molar-refractivity contribution < 1.29 is 4.39 Å². The molecule has 0 fully saturated rings. The lowest BCUT2D eigenvalue weighted by Gasteiger charge is -2.17. The standard InChI is InChI=1S/C13H14Cl2FNS/c1-3-7-18-8-6-17-9(2)12-10(14)4-5-11(16)13(12)15/h1,4-5,9,17H,6-8H2,2H3. The second-order valence-corrected chi connectivity index (χ2v) is 5.58. The van der Waals surface area contributed by atoms with Gasteiger partial charge in [0.05, 0.1) is 10.8 Å². The van der Waals surface area contributed by atoms with E-state index >= 15 is 0 Å². The molecule has 0 saturated heterocycles. The summed E-state index contributed by atoms with van der Waals surface area (Å²) in [6, 6.07) is 2.68. The first-order valence-corrected chi connectivity index (χ1v) is 7.37. The Morgan fingerprint density at radius 2 is 2.22 bits per heavy atom. The minimum Gasteiger partial charge on any atom is -0.309 e. The van der Waals surface area contributed by atoms with Gasteiger partial charge in [-0.25, -0.2) is 4.39 Å². The SMILES string of the molecule is C#CCSCCNC(C)c1c(Cl)ccc(F)c1Cl. The quantitative estimate of drug-likeness (QED) is 0.481. The Balaban J connectivity index is 2.59. The number of rotatable bonds is 6. The molecule has 0 amide bonds. The van der Waals surface area contributed by atoms with E-state index in [0.29, 0.717) is 16.3 Å². The van der Waals surface area contributed by atoms with E-state index in [1.807, 2.05) is 6.92 Å². The van der Waals surface area contributed by atoms with E-state index in [2.05, 4.69) is 11.2 Å². The molecule has 5 heteroatoms. The predicted octanol–water partition coefficient (Wildman–Crippen LogP) is 4.15. The molecule has 0 bridgehead atoms. The fraction of sp³-hybridized carbons (Fsp3) is 0.385. The van der Waals surface area contributed by atoms with Crippen LogP contribution in [-0.2, 0) is 0 Å². The van der Waals surface area contributed by atoms with Gasteiger partial charge in [-0.15, -0.1) is 18.2 Å². The first-order chi connectivity index (χ1) is 8.57. The minimum atomic E-state index is -0.452. The zero-order valence-electron chi connectivity index (χ0n) is 9.97. The normalized spacial score (nSPS) is 12.2. The third-order valence-corrected chi connectivity index (χ3v) is 3.97. The second kappa shape index (κ2) is 7.91. The third kappa shape index (κ3) is 4.37. The lowest BCUT2D eigenvalue weighted by molar-refractivity contribution is 0.586. The molecule has 1 aromatic rings. The molecule has 18 heavy (non-hydrogen) atoms. The average Bonchev–Trinajstić information content (AvgIpc) is 2.34. The molecule has 0 heterocycles. The van der Waals surface area contributed by atoms with E-state index in [0.717, 1.165) is 12.3 Å². The van der Waals surface area contributed by atoms with Crippen molar-refractivity contribution in [2.45, 2.75) is 13.0 Å². The van der Waals surface area contributed by atoms with E-state index in [1.165, 1.54) is 12.1 Å². The summed E-state index contributed by atoms with van der Waals surface area (Å²) in [5.74, 6) is 3.68. The first-order valence-electron chi connectivity index (χ1n) is 5.46. The number of hydrogen-bond acceptors (Lipinski definition) is 2. The van der Waals surface area contributed by atoms with Crippen LogP contribution >= 0.6 is 35.0 Å². The predicted molar refractivity (Wildman–Crippen MR) is 79.0 cm³/mol. The molecule has 0 aliphatic heterocycles. The minimum absolute atomic E-state index is 0.0822. The van der Waals surface area contributed by atoms with Crippen LogP contribution in [0.25, 0.3) is 0 Å². The molecule has 1 aromatic carbocycles. The molecule has 0 radical (unpaired) electrons. The number of terminal acetylenes is 1. The van der Waals surface area contributed by atoms with Gasteiger partial charge in [0.15, 0.2) is 0 Å². The van der Waals surface area contributed by atoms with Gasteiger partial charge in [-0.2, -0.15) is 0 Å². The summed E-state index contributed by atoms with van der Waals surface area (Å²) in [6.45, 7) is 2.66. The summed E-state index contributed by atoms with van der Waals surface area (Å²) in [5.41, 5.74) is 0.597. The van der Waals surface area contributed by atoms with Crippen LogP contribution in [0.1, 0.15) is 18.5 Å². The Morgan fingerprint density at radius 3 is 2.89 bits per heavy atom. The summed E-state index contributed by atoms with van der Waals surface area (Å²) in [7, 11) is 0. The van der Waals surface area contributed by atoms with Gasteiger partial charge < -0.3 is 5.32 Å². The molecule has 0 saturated carbocycles. The van der Waals surface area contributed by atoms with Crippen molar-refractivity contribution in [3.8, 4) is 12.3 Å². The Bertz CT molecular complexity index is 445. The number of thioether (sulfide) groups is 1. The molecule has 0 spiro atoms. The van der Waals surface area contributed by atoms with Gasteiger partial charge in [0.25, 0.3) is 0 Å². The highest BCUT2D eigenvalue weighted by Crippen LogP contribution is 2.32. The average molecular weight is 306 g/mol. The summed E-state index contributed by atoms with van der Waals surface area (Å²) in [5, 5.41) is 3.79. The highest BCUT2D eigenvalue weighted by Gasteiger charge is 2.16. The number of hydrogen-bond donors (Lipinski definition) is 1. The van der Waals surface area contributed by atoms with Gasteiger partial charge in [0.2, 0.25) is 0 Å². The Labute approximate surface area is 121 Å². The summed E-state index contributed by atoms with van der Waals surface area (Å²) >= 11 is 13.6. The van der Waals surface area contributed by atoms with Crippen molar-refractivity contribution in [1.82, 2.24) is 5.32 Å². The van der Waals surface area contributed by atoms with Crippen molar-refractivity contribution in [1.29, 1.82) is 0 Å². The number of nitrogens with one attached hydrogen (secondary N) is 1. The van der Waals surface area contributed by atoms with Gasteiger partial charge in [0.1, 0.15) is 5.82 Å². The molecule has 1 N–H and O–H groups in total. The van der Waals surface area contributed by atoms with Gasteiger partial charge in [-0.1, -0.05) is 29.1 Å². The second-order valence-electron chi connectivity index (χ2n) is 3.69. The zero-order valence-corrected chi connectivity index (χ0v) is 12.3. The molecule has 1 unspecified atom stereocenters. The summed E-state index contributed by atoms with van der Waals surface area (Å²) in [4.78, 5) is 0. The largest absolute Gasteiger partial charge is 0.309 e. The van der Waals surface area contributed by atoms with Crippen LogP contribution in [0.15, 0.2) is 12.1 Å². The van der Waals surface area contributed by atoms with Gasteiger partial charge in [-0.3, -0.25) is 0 Å².